The van der Waals surface area contributed by atoms with E-state index in [2.05, 4.69) is 14.6 Å². The molecule has 5 nitrogen and oxygen atoms in total. The minimum atomic E-state index is -1.04. The zero-order chi connectivity index (χ0) is 14.1. The molecule has 0 N–H and O–H groups in total. The fraction of sp³-hybridized carbons (Fsp3) is 0. The van der Waals surface area contributed by atoms with Gasteiger partial charge in [0.25, 0.3) is 0 Å². The van der Waals surface area contributed by atoms with E-state index < -0.39 is 17.6 Å². The molecule has 0 amide bonds. The summed E-state index contributed by atoms with van der Waals surface area (Å²) in [6.07, 6.45) is 1.40. The van der Waals surface area contributed by atoms with Crippen molar-refractivity contribution in [2.45, 2.75) is 0 Å². The molecule has 0 fully saturated rings. The Kier molecular flexibility index (Phi) is 3.07. The van der Waals surface area contributed by atoms with Crippen LogP contribution in [-0.4, -0.2) is 21.5 Å². The minimum Gasteiger partial charge on any atom is -0.402 e. The van der Waals surface area contributed by atoms with Crippen molar-refractivity contribution in [1.82, 2.24) is 9.59 Å². The van der Waals surface area contributed by atoms with Crippen LogP contribution >= 0.6 is 11.5 Å². The lowest BCUT2D eigenvalue weighted by Gasteiger charge is -1.99. The van der Waals surface area contributed by atoms with Crippen molar-refractivity contribution in [1.29, 1.82) is 0 Å². The smallest absolute Gasteiger partial charge is 0.363 e. The average molecular weight is 293 g/mol. The first-order valence-corrected chi connectivity index (χ1v) is 6.22. The van der Waals surface area contributed by atoms with E-state index in [0.717, 1.165) is 23.7 Å². The molecular weight excluding hydrogens is 288 g/mol. The third-order valence-corrected chi connectivity index (χ3v) is 2.97. The predicted molar refractivity (Wildman–Crippen MR) is 66.9 cm³/mol. The van der Waals surface area contributed by atoms with E-state index >= 15 is 0 Å². The number of aromatic nitrogens is 2. The van der Waals surface area contributed by atoms with E-state index in [9.17, 15) is 13.6 Å². The van der Waals surface area contributed by atoms with E-state index in [0.29, 0.717) is 5.69 Å². The summed E-state index contributed by atoms with van der Waals surface area (Å²) in [6, 6.07) is 3.12. The maximum absolute atomic E-state index is 13.1. The van der Waals surface area contributed by atoms with Crippen LogP contribution in [0, 0.1) is 11.6 Å². The van der Waals surface area contributed by atoms with Crippen molar-refractivity contribution in [3.05, 3.63) is 52.2 Å². The summed E-state index contributed by atoms with van der Waals surface area (Å²) >= 11 is 1.13. The Hall–Kier alpha value is -2.48. The van der Waals surface area contributed by atoms with E-state index in [-0.39, 0.29) is 17.2 Å². The molecule has 0 spiro atoms. The van der Waals surface area contributed by atoms with Crippen LogP contribution < -0.4 is 0 Å². The fourth-order valence-electron chi connectivity index (χ4n) is 1.54. The minimum absolute atomic E-state index is 0.0254. The van der Waals surface area contributed by atoms with Gasteiger partial charge in [-0.1, -0.05) is 4.49 Å². The van der Waals surface area contributed by atoms with Gasteiger partial charge in [0.15, 0.2) is 17.3 Å². The van der Waals surface area contributed by atoms with Crippen molar-refractivity contribution >= 4 is 29.5 Å². The van der Waals surface area contributed by atoms with Crippen LogP contribution in [0.3, 0.4) is 0 Å². The van der Waals surface area contributed by atoms with Crippen LogP contribution in [0.25, 0.3) is 6.08 Å². The maximum atomic E-state index is 13.1. The van der Waals surface area contributed by atoms with Gasteiger partial charge in [-0.05, 0) is 35.8 Å². The highest BCUT2D eigenvalue weighted by Crippen LogP contribution is 2.19. The zero-order valence-electron chi connectivity index (χ0n) is 9.71. The van der Waals surface area contributed by atoms with E-state index in [1.165, 1.54) is 12.1 Å². The number of ether oxygens (including phenoxy) is 1. The van der Waals surface area contributed by atoms with Gasteiger partial charge in [-0.15, -0.1) is 5.10 Å². The molecule has 3 rings (SSSR count). The second kappa shape index (κ2) is 4.89. The summed E-state index contributed by atoms with van der Waals surface area (Å²) in [5.41, 5.74) is 0.673. The number of carbonyl (C=O) groups excluding carboxylic acids is 1. The first-order valence-electron chi connectivity index (χ1n) is 5.38. The molecule has 8 heteroatoms. The summed E-state index contributed by atoms with van der Waals surface area (Å²) in [6.45, 7) is 0. The Morgan fingerprint density at radius 3 is 2.80 bits per heavy atom. The third-order valence-electron chi connectivity index (χ3n) is 2.45. The normalized spacial score (nSPS) is 16.4. The molecule has 1 aliphatic rings. The van der Waals surface area contributed by atoms with E-state index in [1.807, 2.05) is 0 Å². The van der Waals surface area contributed by atoms with Crippen molar-refractivity contribution in [3.63, 3.8) is 0 Å². The number of hydrogen-bond acceptors (Lipinski definition) is 6. The van der Waals surface area contributed by atoms with Gasteiger partial charge < -0.3 is 4.74 Å². The number of nitrogens with zero attached hydrogens (tertiary/aromatic N) is 3. The zero-order valence-corrected chi connectivity index (χ0v) is 10.5. The predicted octanol–water partition coefficient (Wildman–Crippen LogP) is 2.16. The van der Waals surface area contributed by atoms with Gasteiger partial charge in [-0.25, -0.2) is 18.6 Å². The monoisotopic (exact) mass is 293 g/mol. The quantitative estimate of drug-likeness (QED) is 0.628. The lowest BCUT2D eigenvalue weighted by molar-refractivity contribution is -0.129. The molecule has 1 aromatic carbocycles. The third kappa shape index (κ3) is 2.32. The summed E-state index contributed by atoms with van der Waals surface area (Å²) in [4.78, 5) is 15.6. The van der Waals surface area contributed by atoms with Crippen molar-refractivity contribution in [2.75, 3.05) is 0 Å². The molecule has 1 aliphatic heterocycles. The number of cyclic esters (lactones) is 1. The Morgan fingerprint density at radius 2 is 2.10 bits per heavy atom. The van der Waals surface area contributed by atoms with E-state index in [1.54, 1.807) is 5.38 Å². The van der Waals surface area contributed by atoms with Crippen LogP contribution in [0.4, 0.5) is 8.78 Å². The molecule has 0 saturated heterocycles. The summed E-state index contributed by atoms with van der Waals surface area (Å²) in [5.74, 6) is -2.79. The Bertz CT molecular complexity index is 741. The van der Waals surface area contributed by atoms with Crippen LogP contribution in [0.5, 0.6) is 0 Å². The first kappa shape index (κ1) is 12.5. The topological polar surface area (TPSA) is 64.4 Å². The molecule has 2 aromatic rings. The molecule has 100 valence electrons. The fourth-order valence-corrected chi connectivity index (χ4v) is 1.95. The van der Waals surface area contributed by atoms with Crippen LogP contribution in [-0.2, 0) is 9.53 Å². The lowest BCUT2D eigenvalue weighted by Crippen LogP contribution is -2.06. The van der Waals surface area contributed by atoms with Crippen LogP contribution in [0.2, 0.25) is 0 Å². The average Bonchev–Trinajstić information content (AvgIpc) is 3.04. The van der Waals surface area contributed by atoms with E-state index in [4.69, 9.17) is 4.74 Å². The van der Waals surface area contributed by atoms with Gasteiger partial charge in [-0.2, -0.15) is 0 Å². The SMILES string of the molecule is O=C1OC(c2ccc(F)c(F)c2)=NC1=Cc1csnn1. The second-order valence-electron chi connectivity index (χ2n) is 3.79. The van der Waals surface area contributed by atoms with Gasteiger partial charge in [0.05, 0.1) is 0 Å². The molecule has 0 radical (unpaired) electrons. The van der Waals surface area contributed by atoms with Crippen molar-refractivity contribution in [3.8, 4) is 0 Å². The second-order valence-corrected chi connectivity index (χ2v) is 4.40. The van der Waals surface area contributed by atoms with Crippen molar-refractivity contribution in [2.24, 2.45) is 4.99 Å². The Labute approximate surface area is 115 Å². The summed E-state index contributed by atoms with van der Waals surface area (Å²) in [5, 5.41) is 5.37. The van der Waals surface area contributed by atoms with Gasteiger partial charge in [0, 0.05) is 10.9 Å². The van der Waals surface area contributed by atoms with Gasteiger partial charge in [-0.3, -0.25) is 0 Å². The molecule has 0 bridgehead atoms. The molecule has 1 aromatic heterocycles. The number of esters is 1. The number of aliphatic imine (C=N–C) groups is 1. The van der Waals surface area contributed by atoms with Crippen LogP contribution in [0.1, 0.15) is 11.3 Å². The highest BCUT2D eigenvalue weighted by molar-refractivity contribution is 7.03. The van der Waals surface area contributed by atoms with Gasteiger partial charge in [0.1, 0.15) is 5.69 Å². The molecule has 0 atom stereocenters. The molecular formula is C12H5F2N3O2S. The van der Waals surface area contributed by atoms with Crippen LogP contribution in [0.15, 0.2) is 34.3 Å². The number of halogens is 2. The molecule has 0 aliphatic carbocycles. The largest absolute Gasteiger partial charge is 0.402 e. The van der Waals surface area contributed by atoms with Gasteiger partial charge in [0.2, 0.25) is 5.90 Å². The molecule has 0 unspecified atom stereocenters. The number of benzene rings is 1. The number of carbonyl (C=O) groups is 1. The summed E-state index contributed by atoms with van der Waals surface area (Å²) < 4.78 is 34.5. The number of rotatable bonds is 2. The highest BCUT2D eigenvalue weighted by Gasteiger charge is 2.25. The lowest BCUT2D eigenvalue weighted by atomic mass is 10.2. The molecule has 20 heavy (non-hydrogen) atoms. The standard InChI is InChI=1S/C12H5F2N3O2S/c13-8-2-1-6(3-9(8)14)11-15-10(12(18)19-11)4-7-5-20-17-16-7/h1-5H. The Morgan fingerprint density at radius 1 is 1.25 bits per heavy atom. The van der Waals surface area contributed by atoms with Crippen molar-refractivity contribution < 1.29 is 18.3 Å². The maximum Gasteiger partial charge on any atom is 0.363 e. The first-order chi connectivity index (χ1) is 9.63. The molecule has 2 heterocycles. The summed E-state index contributed by atoms with van der Waals surface area (Å²) in [7, 11) is 0. The van der Waals surface area contributed by atoms with Gasteiger partial charge >= 0.3 is 5.97 Å². The highest BCUT2D eigenvalue weighted by atomic mass is 32.1. The Balaban J connectivity index is 1.96. The number of hydrogen-bond donors (Lipinski definition) is 0. The molecule has 0 saturated carbocycles.